The van der Waals surface area contributed by atoms with Crippen LogP contribution in [0, 0.1) is 11.3 Å². The molecule has 0 saturated carbocycles. The minimum Gasteiger partial charge on any atom is -0.310 e. The Bertz CT molecular complexity index is 362. The highest BCUT2D eigenvalue weighted by Crippen LogP contribution is 2.04. The van der Waals surface area contributed by atoms with Crippen molar-refractivity contribution < 1.29 is 4.79 Å². The summed E-state index contributed by atoms with van der Waals surface area (Å²) in [5, 5.41) is 8.54. The van der Waals surface area contributed by atoms with E-state index in [0.29, 0.717) is 5.56 Å². The number of Topliss-reactive ketones (excluding diaryl/α,β-unsaturated/α-hetero) is 1. The average Bonchev–Trinajstić information content (AvgIpc) is 2.19. The number of hydrogen-bond donors (Lipinski definition) is 2. The van der Waals surface area contributed by atoms with Gasteiger partial charge in [-0.15, -0.1) is 0 Å². The third-order valence-electron chi connectivity index (χ3n) is 1.83. The molecule has 0 amide bonds. The predicted molar refractivity (Wildman–Crippen MR) is 52.0 cm³/mol. The molecule has 72 valence electrons. The molecule has 0 aliphatic carbocycles. The SMILES string of the molecule is N#Cc1ccc(CC(=O)C(N)N)cc1. The van der Waals surface area contributed by atoms with Crippen molar-refractivity contribution in [2.24, 2.45) is 11.5 Å². The van der Waals surface area contributed by atoms with Crippen LogP contribution in [0.25, 0.3) is 0 Å². The molecule has 14 heavy (non-hydrogen) atoms. The van der Waals surface area contributed by atoms with Crippen molar-refractivity contribution >= 4 is 5.78 Å². The van der Waals surface area contributed by atoms with Crippen molar-refractivity contribution in [1.82, 2.24) is 0 Å². The number of hydrogen-bond acceptors (Lipinski definition) is 4. The molecule has 1 rings (SSSR count). The smallest absolute Gasteiger partial charge is 0.168 e. The van der Waals surface area contributed by atoms with Crippen LogP contribution in [0.2, 0.25) is 0 Å². The van der Waals surface area contributed by atoms with Gasteiger partial charge in [0.25, 0.3) is 0 Å². The quantitative estimate of drug-likeness (QED) is 0.650. The standard InChI is InChI=1S/C10H11N3O/c11-6-8-3-1-7(2-4-8)5-9(14)10(12)13/h1-4,10H,5,12-13H2. The van der Waals surface area contributed by atoms with E-state index in [0.717, 1.165) is 5.56 Å². The van der Waals surface area contributed by atoms with E-state index >= 15 is 0 Å². The van der Waals surface area contributed by atoms with Crippen molar-refractivity contribution in [3.05, 3.63) is 35.4 Å². The first-order valence-corrected chi connectivity index (χ1v) is 4.16. The summed E-state index contributed by atoms with van der Waals surface area (Å²) in [4.78, 5) is 11.2. The second-order valence-electron chi connectivity index (χ2n) is 2.98. The minimum atomic E-state index is -0.925. The maximum Gasteiger partial charge on any atom is 0.168 e. The molecule has 4 N–H and O–H groups in total. The molecular formula is C10H11N3O. The van der Waals surface area contributed by atoms with Gasteiger partial charge in [0.1, 0.15) is 6.17 Å². The molecular weight excluding hydrogens is 178 g/mol. The lowest BCUT2D eigenvalue weighted by Crippen LogP contribution is -2.40. The topological polar surface area (TPSA) is 92.9 Å². The Balaban J connectivity index is 2.70. The Morgan fingerprint density at radius 3 is 2.36 bits per heavy atom. The summed E-state index contributed by atoms with van der Waals surface area (Å²) in [6.07, 6.45) is -0.714. The van der Waals surface area contributed by atoms with Gasteiger partial charge in [-0.1, -0.05) is 12.1 Å². The third-order valence-corrected chi connectivity index (χ3v) is 1.83. The summed E-state index contributed by atoms with van der Waals surface area (Å²) in [7, 11) is 0. The van der Waals surface area contributed by atoms with Crippen molar-refractivity contribution in [3.63, 3.8) is 0 Å². The van der Waals surface area contributed by atoms with Crippen molar-refractivity contribution in [2.45, 2.75) is 12.6 Å². The summed E-state index contributed by atoms with van der Waals surface area (Å²) in [6.45, 7) is 0. The van der Waals surface area contributed by atoms with Crippen LogP contribution < -0.4 is 11.5 Å². The Morgan fingerprint density at radius 1 is 1.36 bits per heavy atom. The first-order valence-electron chi connectivity index (χ1n) is 4.16. The molecule has 0 saturated heterocycles. The summed E-state index contributed by atoms with van der Waals surface area (Å²) in [5.74, 6) is -0.213. The normalized spacial score (nSPS) is 9.86. The maximum atomic E-state index is 11.2. The van der Waals surface area contributed by atoms with Crippen molar-refractivity contribution in [2.75, 3.05) is 0 Å². The molecule has 0 unspecified atom stereocenters. The first-order chi connectivity index (χ1) is 6.63. The zero-order chi connectivity index (χ0) is 10.6. The molecule has 0 aromatic heterocycles. The average molecular weight is 189 g/mol. The lowest BCUT2D eigenvalue weighted by Gasteiger charge is -2.03. The van der Waals surface area contributed by atoms with E-state index in [2.05, 4.69) is 0 Å². The highest BCUT2D eigenvalue weighted by atomic mass is 16.1. The van der Waals surface area contributed by atoms with Crippen molar-refractivity contribution in [1.29, 1.82) is 5.26 Å². The van der Waals surface area contributed by atoms with Gasteiger partial charge < -0.3 is 11.5 Å². The first kappa shape index (κ1) is 10.4. The largest absolute Gasteiger partial charge is 0.310 e. The van der Waals surface area contributed by atoms with Crippen LogP contribution in [0.3, 0.4) is 0 Å². The number of benzene rings is 1. The van der Waals surface area contributed by atoms with E-state index < -0.39 is 6.17 Å². The molecule has 0 aliphatic rings. The molecule has 0 radical (unpaired) electrons. The number of nitriles is 1. The second-order valence-corrected chi connectivity index (χ2v) is 2.98. The van der Waals surface area contributed by atoms with Crippen LogP contribution in [-0.2, 0) is 11.2 Å². The van der Waals surface area contributed by atoms with Crippen LogP contribution in [0.15, 0.2) is 24.3 Å². The zero-order valence-corrected chi connectivity index (χ0v) is 7.60. The lowest BCUT2D eigenvalue weighted by atomic mass is 10.1. The number of carbonyl (C=O) groups excluding carboxylic acids is 1. The Hall–Kier alpha value is -1.70. The third kappa shape index (κ3) is 2.66. The van der Waals surface area contributed by atoms with Gasteiger partial charge in [-0.05, 0) is 17.7 Å². The molecule has 1 aromatic carbocycles. The van der Waals surface area contributed by atoms with Gasteiger partial charge in [-0.3, -0.25) is 4.79 Å². The predicted octanol–water partition coefficient (Wildman–Crippen LogP) is -0.0866. The van der Waals surface area contributed by atoms with Gasteiger partial charge in [0.15, 0.2) is 5.78 Å². The Morgan fingerprint density at radius 2 is 1.93 bits per heavy atom. The number of nitrogens with two attached hydrogens (primary N) is 2. The molecule has 1 aromatic rings. The second kappa shape index (κ2) is 4.51. The highest BCUT2D eigenvalue weighted by Gasteiger charge is 2.08. The Kier molecular flexibility index (Phi) is 3.35. The van der Waals surface area contributed by atoms with Gasteiger partial charge in [0.2, 0.25) is 0 Å². The summed E-state index contributed by atoms with van der Waals surface area (Å²) < 4.78 is 0. The Labute approximate surface area is 82.1 Å². The number of nitrogens with zero attached hydrogens (tertiary/aromatic N) is 1. The molecule has 0 atom stereocenters. The summed E-state index contributed by atoms with van der Waals surface area (Å²) >= 11 is 0. The fourth-order valence-electron chi connectivity index (χ4n) is 1.02. The number of ketones is 1. The lowest BCUT2D eigenvalue weighted by molar-refractivity contribution is -0.119. The molecule has 0 heterocycles. The van der Waals surface area contributed by atoms with Gasteiger partial charge in [-0.2, -0.15) is 5.26 Å². The molecule has 0 spiro atoms. The molecule has 0 aliphatic heterocycles. The van der Waals surface area contributed by atoms with E-state index in [1.807, 2.05) is 6.07 Å². The summed E-state index contributed by atoms with van der Waals surface area (Å²) in [5.41, 5.74) is 11.8. The van der Waals surface area contributed by atoms with Gasteiger partial charge in [-0.25, -0.2) is 0 Å². The number of rotatable bonds is 3. The molecule has 4 heteroatoms. The van der Waals surface area contributed by atoms with Gasteiger partial charge in [0, 0.05) is 6.42 Å². The van der Waals surface area contributed by atoms with Gasteiger partial charge >= 0.3 is 0 Å². The van der Waals surface area contributed by atoms with E-state index in [-0.39, 0.29) is 12.2 Å². The monoisotopic (exact) mass is 189 g/mol. The highest BCUT2D eigenvalue weighted by molar-refractivity contribution is 5.85. The molecule has 4 nitrogen and oxygen atoms in total. The van der Waals surface area contributed by atoms with E-state index in [4.69, 9.17) is 16.7 Å². The van der Waals surface area contributed by atoms with Gasteiger partial charge in [0.05, 0.1) is 11.6 Å². The minimum absolute atomic E-state index is 0.212. The van der Waals surface area contributed by atoms with Crippen LogP contribution in [0.4, 0.5) is 0 Å². The van der Waals surface area contributed by atoms with Crippen molar-refractivity contribution in [3.8, 4) is 6.07 Å². The maximum absolute atomic E-state index is 11.2. The van der Waals surface area contributed by atoms with Crippen LogP contribution in [0.5, 0.6) is 0 Å². The van der Waals surface area contributed by atoms with E-state index in [9.17, 15) is 4.79 Å². The van der Waals surface area contributed by atoms with Crippen LogP contribution in [0.1, 0.15) is 11.1 Å². The van der Waals surface area contributed by atoms with E-state index in [1.54, 1.807) is 24.3 Å². The molecule has 0 fully saturated rings. The fraction of sp³-hybridized carbons (Fsp3) is 0.200. The summed E-state index contributed by atoms with van der Waals surface area (Å²) in [6, 6.07) is 8.75. The fourth-order valence-corrected chi connectivity index (χ4v) is 1.02. The molecule has 0 bridgehead atoms. The zero-order valence-electron chi connectivity index (χ0n) is 7.60. The van der Waals surface area contributed by atoms with Crippen LogP contribution >= 0.6 is 0 Å². The van der Waals surface area contributed by atoms with Crippen LogP contribution in [-0.4, -0.2) is 11.9 Å². The number of carbonyl (C=O) groups is 1. The van der Waals surface area contributed by atoms with E-state index in [1.165, 1.54) is 0 Å².